The molecule has 116 valence electrons. The molecule has 1 aromatic heterocycles. The predicted octanol–water partition coefficient (Wildman–Crippen LogP) is 1.32. The lowest BCUT2D eigenvalue weighted by Crippen LogP contribution is -2.41. The number of likely N-dealkylation sites (tertiary alicyclic amines) is 1. The van der Waals surface area contributed by atoms with Crippen LogP contribution in [0.25, 0.3) is 0 Å². The molecule has 21 heavy (non-hydrogen) atoms. The molecular weight excluding hydrogens is 266 g/mol. The maximum Gasteiger partial charge on any atom is 0.274 e. The van der Waals surface area contributed by atoms with Crippen LogP contribution in [0, 0.1) is 5.92 Å². The van der Waals surface area contributed by atoms with Crippen LogP contribution in [0.2, 0.25) is 0 Å². The summed E-state index contributed by atoms with van der Waals surface area (Å²) in [4.78, 5) is 16.5. The average Bonchev–Trinajstić information content (AvgIpc) is 2.48. The smallest absolute Gasteiger partial charge is 0.274 e. The van der Waals surface area contributed by atoms with E-state index in [9.17, 15) is 4.79 Å². The van der Waals surface area contributed by atoms with E-state index in [4.69, 9.17) is 0 Å². The van der Waals surface area contributed by atoms with Crippen molar-refractivity contribution in [1.29, 1.82) is 0 Å². The number of carbonyl (C=O) groups is 1. The molecule has 0 atom stereocenters. The lowest BCUT2D eigenvalue weighted by Gasteiger charge is -2.32. The number of piperidine rings is 1. The third kappa shape index (κ3) is 4.39. The number of nitrogens with zero attached hydrogens (tertiary/aromatic N) is 4. The van der Waals surface area contributed by atoms with Gasteiger partial charge >= 0.3 is 0 Å². The highest BCUT2D eigenvalue weighted by Crippen LogP contribution is 2.19. The highest BCUT2D eigenvalue weighted by Gasteiger charge is 2.24. The van der Waals surface area contributed by atoms with Crippen LogP contribution >= 0.6 is 0 Å². The molecule has 1 N–H and O–H groups in total. The van der Waals surface area contributed by atoms with Crippen LogP contribution in [-0.4, -0.2) is 66.2 Å². The molecule has 6 heteroatoms. The van der Waals surface area contributed by atoms with Crippen molar-refractivity contribution in [3.05, 3.63) is 17.8 Å². The van der Waals surface area contributed by atoms with E-state index in [0.29, 0.717) is 17.4 Å². The molecule has 1 aromatic rings. The van der Waals surface area contributed by atoms with Gasteiger partial charge in [-0.2, -0.15) is 0 Å². The quantitative estimate of drug-likeness (QED) is 0.886. The molecule has 2 rings (SSSR count). The first-order valence-electron chi connectivity index (χ1n) is 7.61. The molecule has 1 fully saturated rings. The molecule has 0 radical (unpaired) electrons. The average molecular weight is 291 g/mol. The molecule has 1 amide bonds. The Bertz CT molecular complexity index is 452. The van der Waals surface area contributed by atoms with Gasteiger partial charge in [0.25, 0.3) is 5.91 Å². The van der Waals surface area contributed by atoms with Crippen LogP contribution in [0.5, 0.6) is 0 Å². The first-order chi connectivity index (χ1) is 10.1. The summed E-state index contributed by atoms with van der Waals surface area (Å²) in [7, 11) is 4.19. The maximum absolute atomic E-state index is 12.4. The number of nitrogens with one attached hydrogen (secondary N) is 1. The van der Waals surface area contributed by atoms with Crippen molar-refractivity contribution in [2.75, 3.05) is 45.6 Å². The van der Waals surface area contributed by atoms with Crippen molar-refractivity contribution in [2.24, 2.45) is 5.92 Å². The molecule has 0 saturated carbocycles. The molecule has 2 heterocycles. The van der Waals surface area contributed by atoms with E-state index in [1.807, 2.05) is 17.9 Å². The number of amides is 1. The van der Waals surface area contributed by atoms with Crippen LogP contribution in [0.3, 0.4) is 0 Å². The molecule has 0 aromatic carbocycles. The lowest BCUT2D eigenvalue weighted by molar-refractivity contribution is 0.0671. The molecule has 0 aliphatic carbocycles. The molecule has 0 bridgehead atoms. The van der Waals surface area contributed by atoms with Crippen molar-refractivity contribution in [3.8, 4) is 0 Å². The van der Waals surface area contributed by atoms with E-state index in [1.165, 1.54) is 0 Å². The van der Waals surface area contributed by atoms with Gasteiger partial charge in [-0.05, 0) is 51.9 Å². The summed E-state index contributed by atoms with van der Waals surface area (Å²) in [5, 5.41) is 11.1. The van der Waals surface area contributed by atoms with E-state index >= 15 is 0 Å². The molecular formula is C15H25N5O. The van der Waals surface area contributed by atoms with Crippen LogP contribution in [0.1, 0.15) is 30.3 Å². The SMILES string of the molecule is CCNc1ccc(C(=O)N2CCC(CN(C)C)CC2)nn1. The summed E-state index contributed by atoms with van der Waals surface area (Å²) >= 11 is 0. The second-order valence-electron chi connectivity index (χ2n) is 5.83. The third-order valence-corrected chi connectivity index (χ3v) is 3.77. The molecule has 1 aliphatic heterocycles. The van der Waals surface area contributed by atoms with Crippen LogP contribution in [0.15, 0.2) is 12.1 Å². The Kier molecular flexibility index (Phi) is 5.50. The van der Waals surface area contributed by atoms with Gasteiger partial charge < -0.3 is 15.1 Å². The molecule has 1 aliphatic rings. The number of hydrogen-bond acceptors (Lipinski definition) is 5. The minimum atomic E-state index is -0.00569. The predicted molar refractivity (Wildman–Crippen MR) is 83.4 cm³/mol. The summed E-state index contributed by atoms with van der Waals surface area (Å²) in [6.45, 7) is 5.52. The van der Waals surface area contributed by atoms with Crippen LogP contribution < -0.4 is 5.32 Å². The minimum Gasteiger partial charge on any atom is -0.369 e. The molecule has 6 nitrogen and oxygen atoms in total. The van der Waals surface area contributed by atoms with Gasteiger partial charge in [0.15, 0.2) is 5.69 Å². The summed E-state index contributed by atoms with van der Waals surface area (Å²) in [6, 6.07) is 3.56. The first kappa shape index (κ1) is 15.7. The lowest BCUT2D eigenvalue weighted by atomic mass is 9.96. The fraction of sp³-hybridized carbons (Fsp3) is 0.667. The highest BCUT2D eigenvalue weighted by atomic mass is 16.2. The van der Waals surface area contributed by atoms with Gasteiger partial charge in [-0.25, -0.2) is 0 Å². The van der Waals surface area contributed by atoms with E-state index < -0.39 is 0 Å². The Labute approximate surface area is 126 Å². The second kappa shape index (κ2) is 7.36. The standard InChI is InChI=1S/C15H25N5O/c1-4-16-14-6-5-13(17-18-14)15(21)20-9-7-12(8-10-20)11-19(2)3/h5-6,12H,4,7-11H2,1-3H3,(H,16,18). The van der Waals surface area contributed by atoms with Gasteiger partial charge in [-0.1, -0.05) is 0 Å². The van der Waals surface area contributed by atoms with Gasteiger partial charge in [0.1, 0.15) is 5.82 Å². The summed E-state index contributed by atoms with van der Waals surface area (Å²) in [5.74, 6) is 1.39. The molecule has 0 unspecified atom stereocenters. The Morgan fingerprint density at radius 3 is 2.57 bits per heavy atom. The van der Waals surface area contributed by atoms with E-state index in [1.54, 1.807) is 6.07 Å². The molecule has 1 saturated heterocycles. The minimum absolute atomic E-state index is 0.00569. The van der Waals surface area contributed by atoms with Gasteiger partial charge in [-0.3, -0.25) is 4.79 Å². The zero-order chi connectivity index (χ0) is 15.2. The fourth-order valence-corrected chi connectivity index (χ4v) is 2.72. The van der Waals surface area contributed by atoms with Crippen molar-refractivity contribution in [3.63, 3.8) is 0 Å². The number of rotatable bonds is 5. The summed E-state index contributed by atoms with van der Waals surface area (Å²) in [6.07, 6.45) is 2.12. The highest BCUT2D eigenvalue weighted by molar-refractivity contribution is 5.92. The Hall–Kier alpha value is -1.69. The van der Waals surface area contributed by atoms with Gasteiger partial charge in [0.05, 0.1) is 0 Å². The Morgan fingerprint density at radius 2 is 2.05 bits per heavy atom. The number of aromatic nitrogens is 2. The number of anilines is 1. The summed E-state index contributed by atoms with van der Waals surface area (Å²) in [5.41, 5.74) is 0.433. The molecule has 0 spiro atoms. The zero-order valence-corrected chi connectivity index (χ0v) is 13.2. The largest absolute Gasteiger partial charge is 0.369 e. The van der Waals surface area contributed by atoms with Gasteiger partial charge in [0.2, 0.25) is 0 Å². The number of carbonyl (C=O) groups excluding carboxylic acids is 1. The van der Waals surface area contributed by atoms with Crippen molar-refractivity contribution in [1.82, 2.24) is 20.0 Å². The van der Waals surface area contributed by atoms with Crippen molar-refractivity contribution >= 4 is 11.7 Å². The van der Waals surface area contributed by atoms with E-state index in [2.05, 4.69) is 34.5 Å². The Morgan fingerprint density at radius 1 is 1.33 bits per heavy atom. The topological polar surface area (TPSA) is 61.4 Å². The monoisotopic (exact) mass is 291 g/mol. The van der Waals surface area contributed by atoms with Gasteiger partial charge in [0, 0.05) is 26.2 Å². The van der Waals surface area contributed by atoms with Crippen molar-refractivity contribution in [2.45, 2.75) is 19.8 Å². The first-order valence-corrected chi connectivity index (χ1v) is 7.61. The maximum atomic E-state index is 12.4. The van der Waals surface area contributed by atoms with Gasteiger partial charge in [-0.15, -0.1) is 10.2 Å². The Balaban J connectivity index is 1.89. The number of hydrogen-bond donors (Lipinski definition) is 1. The normalized spacial score (nSPS) is 16.3. The van der Waals surface area contributed by atoms with E-state index in [0.717, 1.165) is 39.0 Å². The second-order valence-corrected chi connectivity index (χ2v) is 5.83. The van der Waals surface area contributed by atoms with E-state index in [-0.39, 0.29) is 5.91 Å². The third-order valence-electron chi connectivity index (χ3n) is 3.77. The fourth-order valence-electron chi connectivity index (χ4n) is 2.72. The summed E-state index contributed by atoms with van der Waals surface area (Å²) < 4.78 is 0. The van der Waals surface area contributed by atoms with Crippen molar-refractivity contribution < 1.29 is 4.79 Å². The van der Waals surface area contributed by atoms with Crippen LogP contribution in [0.4, 0.5) is 5.82 Å². The zero-order valence-electron chi connectivity index (χ0n) is 13.2. The van der Waals surface area contributed by atoms with Crippen LogP contribution in [-0.2, 0) is 0 Å².